The van der Waals surface area contributed by atoms with Crippen molar-refractivity contribution in [3.05, 3.63) is 17.3 Å². The lowest BCUT2D eigenvalue weighted by molar-refractivity contribution is 0.109. The number of hydrogen-bond acceptors (Lipinski definition) is 5. The lowest BCUT2D eigenvalue weighted by atomic mass is 9.84. The predicted molar refractivity (Wildman–Crippen MR) is 85.3 cm³/mol. The summed E-state index contributed by atoms with van der Waals surface area (Å²) < 4.78 is 0. The van der Waals surface area contributed by atoms with Crippen LogP contribution in [0.3, 0.4) is 0 Å². The summed E-state index contributed by atoms with van der Waals surface area (Å²) in [4.78, 5) is 13.0. The zero-order valence-electron chi connectivity index (χ0n) is 12.4. The Hall–Kier alpha value is -1.20. The maximum Gasteiger partial charge on any atom is 0.146 e. The molecule has 3 rings (SSSR count). The van der Waals surface area contributed by atoms with Crippen molar-refractivity contribution in [3.8, 4) is 0 Å². The largest absolute Gasteiger partial charge is 0.372 e. The molecule has 2 aromatic rings. The molecule has 0 unspecified atom stereocenters. The van der Waals surface area contributed by atoms with Gasteiger partial charge in [-0.15, -0.1) is 11.3 Å². The van der Waals surface area contributed by atoms with Gasteiger partial charge < -0.3 is 5.32 Å². The van der Waals surface area contributed by atoms with Gasteiger partial charge in [0.25, 0.3) is 0 Å². The number of piperidine rings is 1. The van der Waals surface area contributed by atoms with Gasteiger partial charge in [0, 0.05) is 13.6 Å². The molecule has 3 heterocycles. The summed E-state index contributed by atoms with van der Waals surface area (Å²) >= 11 is 1.68. The number of rotatable bonds is 3. The molecule has 0 amide bonds. The molecule has 1 N–H and O–H groups in total. The molecule has 0 radical (unpaired) electrons. The van der Waals surface area contributed by atoms with Gasteiger partial charge in [-0.1, -0.05) is 13.8 Å². The zero-order valence-corrected chi connectivity index (χ0v) is 13.3. The average molecular weight is 290 g/mol. The Kier molecular flexibility index (Phi) is 3.65. The topological polar surface area (TPSA) is 41.1 Å². The molecule has 0 atom stereocenters. The quantitative estimate of drug-likeness (QED) is 0.941. The van der Waals surface area contributed by atoms with Crippen molar-refractivity contribution in [2.24, 2.45) is 5.41 Å². The Morgan fingerprint density at radius 1 is 1.40 bits per heavy atom. The second kappa shape index (κ2) is 5.30. The number of thiophene rings is 1. The summed E-state index contributed by atoms with van der Waals surface area (Å²) in [5.41, 5.74) is 0.414. The first-order valence-electron chi connectivity index (χ1n) is 7.22. The minimum Gasteiger partial charge on any atom is -0.372 e. The monoisotopic (exact) mass is 290 g/mol. The highest BCUT2D eigenvalue weighted by Gasteiger charge is 2.26. The lowest BCUT2D eigenvalue weighted by Crippen LogP contribution is -2.39. The van der Waals surface area contributed by atoms with Gasteiger partial charge in [-0.05, 0) is 36.2 Å². The molecule has 0 aliphatic carbocycles. The summed E-state index contributed by atoms with van der Waals surface area (Å²) in [6, 6.07) is 2.08. The van der Waals surface area contributed by atoms with E-state index in [1.165, 1.54) is 12.8 Å². The minimum atomic E-state index is 0.414. The fraction of sp³-hybridized carbons (Fsp3) is 0.600. The van der Waals surface area contributed by atoms with Crippen LogP contribution < -0.4 is 5.32 Å². The highest BCUT2D eigenvalue weighted by Crippen LogP contribution is 2.30. The van der Waals surface area contributed by atoms with Crippen LogP contribution in [0.4, 0.5) is 5.82 Å². The Morgan fingerprint density at radius 3 is 3.00 bits per heavy atom. The fourth-order valence-electron chi connectivity index (χ4n) is 3.04. The molecule has 1 fully saturated rings. The van der Waals surface area contributed by atoms with Crippen molar-refractivity contribution in [3.63, 3.8) is 0 Å². The van der Waals surface area contributed by atoms with Crippen molar-refractivity contribution in [2.45, 2.75) is 33.2 Å². The van der Waals surface area contributed by atoms with Crippen LogP contribution in [0.25, 0.3) is 10.2 Å². The molecule has 1 aliphatic rings. The van der Waals surface area contributed by atoms with E-state index in [4.69, 9.17) is 4.98 Å². The summed E-state index contributed by atoms with van der Waals surface area (Å²) in [6.07, 6.45) is 2.59. The van der Waals surface area contributed by atoms with Crippen LogP contribution in [0.15, 0.2) is 11.4 Å². The van der Waals surface area contributed by atoms with Gasteiger partial charge >= 0.3 is 0 Å². The Morgan fingerprint density at radius 2 is 2.25 bits per heavy atom. The molecule has 0 aromatic carbocycles. The summed E-state index contributed by atoms with van der Waals surface area (Å²) in [5, 5.41) is 6.39. The highest BCUT2D eigenvalue weighted by molar-refractivity contribution is 7.16. The van der Waals surface area contributed by atoms with Crippen LogP contribution in [0.1, 0.15) is 32.5 Å². The first-order chi connectivity index (χ1) is 9.57. The maximum absolute atomic E-state index is 4.71. The second-order valence-corrected chi connectivity index (χ2v) is 7.25. The third-order valence-corrected chi connectivity index (χ3v) is 4.76. The number of nitrogens with one attached hydrogen (secondary N) is 1. The molecular formula is C15H22N4S. The number of nitrogens with zero attached hydrogens (tertiary/aromatic N) is 3. The van der Waals surface area contributed by atoms with Crippen LogP contribution in [-0.4, -0.2) is 35.0 Å². The Balaban J connectivity index is 1.83. The number of likely N-dealkylation sites (tertiary alicyclic amines) is 1. The SMILES string of the molecule is CNc1nc(CN2CCCC(C)(C)C2)nc2sccc12. The smallest absolute Gasteiger partial charge is 0.146 e. The van der Waals surface area contributed by atoms with E-state index in [-0.39, 0.29) is 0 Å². The molecule has 0 spiro atoms. The van der Waals surface area contributed by atoms with Gasteiger partial charge in [0.1, 0.15) is 16.5 Å². The standard InChI is InChI=1S/C15H22N4S/c1-15(2)6-4-7-19(10-15)9-12-17-13(16-3)11-5-8-20-14(11)18-12/h5,8H,4,6-7,9-10H2,1-3H3,(H,16,17,18). The third kappa shape index (κ3) is 2.79. The number of aromatic nitrogens is 2. The fourth-order valence-corrected chi connectivity index (χ4v) is 3.82. The van der Waals surface area contributed by atoms with Crippen molar-refractivity contribution in [1.82, 2.24) is 14.9 Å². The third-order valence-electron chi connectivity index (χ3n) is 3.95. The van der Waals surface area contributed by atoms with Crippen LogP contribution in [-0.2, 0) is 6.54 Å². The molecule has 0 bridgehead atoms. The first-order valence-corrected chi connectivity index (χ1v) is 8.10. The van der Waals surface area contributed by atoms with Crippen molar-refractivity contribution in [2.75, 3.05) is 25.5 Å². The summed E-state index contributed by atoms with van der Waals surface area (Å²) in [7, 11) is 1.92. The second-order valence-electron chi connectivity index (χ2n) is 6.36. The van der Waals surface area contributed by atoms with Crippen LogP contribution >= 0.6 is 11.3 Å². The van der Waals surface area contributed by atoms with E-state index in [1.54, 1.807) is 11.3 Å². The van der Waals surface area contributed by atoms with Crippen molar-refractivity contribution >= 4 is 27.4 Å². The number of hydrogen-bond donors (Lipinski definition) is 1. The molecule has 4 nitrogen and oxygen atoms in total. The molecule has 0 saturated carbocycles. The minimum absolute atomic E-state index is 0.414. The van der Waals surface area contributed by atoms with Crippen molar-refractivity contribution < 1.29 is 0 Å². The summed E-state index contributed by atoms with van der Waals surface area (Å²) in [5.74, 6) is 1.88. The number of anilines is 1. The van der Waals surface area contributed by atoms with E-state index in [0.717, 1.165) is 41.5 Å². The van der Waals surface area contributed by atoms with E-state index in [0.29, 0.717) is 5.41 Å². The normalized spacial score (nSPS) is 19.4. The van der Waals surface area contributed by atoms with E-state index < -0.39 is 0 Å². The van der Waals surface area contributed by atoms with E-state index in [1.807, 2.05) is 7.05 Å². The van der Waals surface area contributed by atoms with Gasteiger partial charge in [0.2, 0.25) is 0 Å². The predicted octanol–water partition coefficient (Wildman–Crippen LogP) is 3.36. The van der Waals surface area contributed by atoms with Gasteiger partial charge in [0.15, 0.2) is 0 Å². The average Bonchev–Trinajstić information content (AvgIpc) is 2.84. The highest BCUT2D eigenvalue weighted by atomic mass is 32.1. The van der Waals surface area contributed by atoms with Gasteiger partial charge in [-0.25, -0.2) is 9.97 Å². The van der Waals surface area contributed by atoms with Crippen LogP contribution in [0.5, 0.6) is 0 Å². The molecule has 20 heavy (non-hydrogen) atoms. The number of fused-ring (bicyclic) bond motifs is 1. The van der Waals surface area contributed by atoms with Crippen LogP contribution in [0, 0.1) is 5.41 Å². The van der Waals surface area contributed by atoms with Crippen molar-refractivity contribution in [1.29, 1.82) is 0 Å². The molecule has 108 valence electrons. The lowest BCUT2D eigenvalue weighted by Gasteiger charge is -2.37. The first kappa shape index (κ1) is 13.8. The van der Waals surface area contributed by atoms with Gasteiger partial charge in [-0.3, -0.25) is 4.90 Å². The molecule has 1 saturated heterocycles. The zero-order chi connectivity index (χ0) is 14.2. The summed E-state index contributed by atoms with van der Waals surface area (Å²) in [6.45, 7) is 7.84. The van der Waals surface area contributed by atoms with Gasteiger partial charge in [0.05, 0.1) is 11.9 Å². The van der Waals surface area contributed by atoms with E-state index >= 15 is 0 Å². The molecule has 1 aliphatic heterocycles. The Labute approximate surface area is 124 Å². The maximum atomic E-state index is 4.71. The van der Waals surface area contributed by atoms with E-state index in [9.17, 15) is 0 Å². The molecule has 2 aromatic heterocycles. The molecular weight excluding hydrogens is 268 g/mol. The van der Waals surface area contributed by atoms with Crippen LogP contribution in [0.2, 0.25) is 0 Å². The Bertz CT molecular complexity index is 605. The van der Waals surface area contributed by atoms with E-state index in [2.05, 4.69) is 40.5 Å². The van der Waals surface area contributed by atoms with Gasteiger partial charge in [-0.2, -0.15) is 0 Å². The molecule has 5 heteroatoms.